The zero-order chi connectivity index (χ0) is 26.5. The van der Waals surface area contributed by atoms with Gasteiger partial charge in [-0.15, -0.1) is 0 Å². The van der Waals surface area contributed by atoms with Crippen molar-refractivity contribution in [2.75, 3.05) is 23.7 Å². The number of rotatable bonds is 7. The van der Waals surface area contributed by atoms with E-state index >= 15 is 0 Å². The molecule has 2 N–H and O–H groups in total. The molecule has 3 aliphatic rings. The monoisotopic (exact) mass is 514 g/mol. The Morgan fingerprint density at radius 3 is 2.30 bits per heavy atom. The predicted octanol–water partition coefficient (Wildman–Crippen LogP) is 4.08. The van der Waals surface area contributed by atoms with Crippen LogP contribution in [0.15, 0.2) is 54.6 Å². The third kappa shape index (κ3) is 4.32. The number of allylic oxidation sites excluding steroid dienone is 2. The highest BCUT2D eigenvalue weighted by Gasteiger charge is 2.58. The molecule has 9 nitrogen and oxygen atoms in total. The molecule has 12 heteroatoms. The quantitative estimate of drug-likeness (QED) is 0.249. The predicted molar refractivity (Wildman–Crippen MR) is 125 cm³/mol. The van der Waals surface area contributed by atoms with E-state index in [0.29, 0.717) is 0 Å². The molecule has 2 fully saturated rings. The lowest BCUT2D eigenvalue weighted by atomic mass is 9.85. The summed E-state index contributed by atoms with van der Waals surface area (Å²) in [6, 6.07) is 7.85. The van der Waals surface area contributed by atoms with Crippen LogP contribution >= 0.6 is 0 Å². The molecule has 1 aliphatic heterocycles. The van der Waals surface area contributed by atoms with Crippen LogP contribution in [0.4, 0.5) is 30.2 Å². The van der Waals surface area contributed by atoms with Gasteiger partial charge in [-0.05, 0) is 42.5 Å². The van der Waals surface area contributed by atoms with Gasteiger partial charge in [-0.3, -0.25) is 29.4 Å². The Morgan fingerprint density at radius 1 is 1.03 bits per heavy atom. The molecule has 5 rings (SSSR count). The zero-order valence-electron chi connectivity index (χ0n) is 19.2. The van der Waals surface area contributed by atoms with Crippen molar-refractivity contribution in [3.05, 3.63) is 75.9 Å². The molecule has 1 heterocycles. The molecule has 0 spiro atoms. The second-order valence-electron chi connectivity index (χ2n) is 9.24. The average Bonchev–Trinajstić information content (AvgIpc) is 3.53. The standard InChI is InChI=1S/C25H21F3N4O5/c26-25(27,28)16-3-1-2-4-17(16)30-22(33)15-7-8-18(19(12-15)32(36)37)29-9-10-31-23(34)20-13-5-6-14(11-13)21(20)24(31)35/h1-8,12-14,20-21,29H,9-11H2,(H,30,33)/t13-,14-,20-,21-/m0/s1. The molecular weight excluding hydrogens is 493 g/mol. The van der Waals surface area contributed by atoms with Gasteiger partial charge in [0, 0.05) is 24.7 Å². The largest absolute Gasteiger partial charge is 0.418 e. The van der Waals surface area contributed by atoms with Crippen molar-refractivity contribution in [3.63, 3.8) is 0 Å². The molecule has 37 heavy (non-hydrogen) atoms. The highest BCUT2D eigenvalue weighted by molar-refractivity contribution is 6.07. The van der Waals surface area contributed by atoms with Gasteiger partial charge in [-0.25, -0.2) is 0 Å². The van der Waals surface area contributed by atoms with Gasteiger partial charge < -0.3 is 10.6 Å². The number of alkyl halides is 3. The van der Waals surface area contributed by atoms with Crippen molar-refractivity contribution < 1.29 is 32.5 Å². The molecule has 0 aromatic heterocycles. The number of hydrogen-bond acceptors (Lipinski definition) is 6. The molecule has 1 saturated heterocycles. The van der Waals surface area contributed by atoms with Crippen molar-refractivity contribution >= 4 is 34.8 Å². The van der Waals surface area contributed by atoms with Gasteiger partial charge in [-0.2, -0.15) is 13.2 Å². The van der Waals surface area contributed by atoms with Gasteiger partial charge in [0.15, 0.2) is 0 Å². The van der Waals surface area contributed by atoms with Gasteiger partial charge in [0.2, 0.25) is 11.8 Å². The van der Waals surface area contributed by atoms with Crippen LogP contribution in [0.5, 0.6) is 0 Å². The molecule has 2 aromatic carbocycles. The van der Waals surface area contributed by atoms with Gasteiger partial charge in [0.25, 0.3) is 11.6 Å². The van der Waals surface area contributed by atoms with E-state index in [0.717, 1.165) is 24.6 Å². The van der Waals surface area contributed by atoms with Gasteiger partial charge in [0.05, 0.1) is 28.0 Å². The Kier molecular flexibility index (Phi) is 5.97. The Hall–Kier alpha value is -4.22. The van der Waals surface area contributed by atoms with E-state index in [4.69, 9.17) is 0 Å². The van der Waals surface area contributed by atoms with Crippen molar-refractivity contribution in [3.8, 4) is 0 Å². The van der Waals surface area contributed by atoms with Crippen LogP contribution in [0, 0.1) is 33.8 Å². The minimum absolute atomic E-state index is 0.0255. The number of imide groups is 1. The van der Waals surface area contributed by atoms with Crippen LogP contribution in [0.2, 0.25) is 0 Å². The van der Waals surface area contributed by atoms with Crippen LogP contribution in [0.3, 0.4) is 0 Å². The smallest absolute Gasteiger partial charge is 0.378 e. The van der Waals surface area contributed by atoms with Gasteiger partial charge in [-0.1, -0.05) is 24.3 Å². The Bertz CT molecular complexity index is 1310. The van der Waals surface area contributed by atoms with Gasteiger partial charge >= 0.3 is 6.18 Å². The van der Waals surface area contributed by atoms with E-state index in [1.165, 1.54) is 29.2 Å². The number of carbonyl (C=O) groups excluding carboxylic acids is 3. The van der Waals surface area contributed by atoms with E-state index in [2.05, 4.69) is 10.6 Å². The Morgan fingerprint density at radius 2 is 1.68 bits per heavy atom. The summed E-state index contributed by atoms with van der Waals surface area (Å²) >= 11 is 0. The molecule has 1 saturated carbocycles. The summed E-state index contributed by atoms with van der Waals surface area (Å²) in [5, 5.41) is 16.6. The van der Waals surface area contributed by atoms with E-state index in [1.807, 2.05) is 12.2 Å². The second kappa shape index (κ2) is 9.02. The summed E-state index contributed by atoms with van der Waals surface area (Å²) in [6.07, 6.45) is 0.0897. The topological polar surface area (TPSA) is 122 Å². The molecule has 0 unspecified atom stereocenters. The number of nitro benzene ring substituents is 1. The first-order chi connectivity index (χ1) is 17.6. The fourth-order valence-corrected chi connectivity index (χ4v) is 5.49. The van der Waals surface area contributed by atoms with E-state index in [9.17, 15) is 37.7 Å². The molecular formula is C25H21F3N4O5. The van der Waals surface area contributed by atoms with Gasteiger partial charge in [0.1, 0.15) is 5.69 Å². The lowest BCUT2D eigenvalue weighted by Gasteiger charge is -2.18. The molecule has 2 aromatic rings. The molecule has 192 valence electrons. The fraction of sp³-hybridized carbons (Fsp3) is 0.320. The number of amides is 3. The lowest BCUT2D eigenvalue weighted by Crippen LogP contribution is -2.36. The first-order valence-corrected chi connectivity index (χ1v) is 11.6. The minimum Gasteiger partial charge on any atom is -0.378 e. The van der Waals surface area contributed by atoms with Crippen LogP contribution in [0.1, 0.15) is 22.3 Å². The minimum atomic E-state index is -4.70. The summed E-state index contributed by atoms with van der Waals surface area (Å²) in [6.45, 7) is 0.0722. The summed E-state index contributed by atoms with van der Waals surface area (Å²) in [5.74, 6) is -1.92. The molecule has 2 bridgehead atoms. The van der Waals surface area contributed by atoms with Crippen molar-refractivity contribution in [1.29, 1.82) is 0 Å². The third-order valence-electron chi connectivity index (χ3n) is 7.15. The number of para-hydroxylation sites is 1. The number of hydrogen-bond donors (Lipinski definition) is 2. The van der Waals surface area contributed by atoms with Crippen LogP contribution in [-0.2, 0) is 15.8 Å². The average molecular weight is 514 g/mol. The van der Waals surface area contributed by atoms with Crippen LogP contribution in [0.25, 0.3) is 0 Å². The number of likely N-dealkylation sites (tertiary alicyclic amines) is 1. The van der Waals surface area contributed by atoms with Crippen molar-refractivity contribution in [2.24, 2.45) is 23.7 Å². The summed E-state index contributed by atoms with van der Waals surface area (Å²) in [5.41, 5.74) is -2.17. The third-order valence-corrected chi connectivity index (χ3v) is 7.15. The van der Waals surface area contributed by atoms with Crippen LogP contribution in [-0.4, -0.2) is 40.6 Å². The highest BCUT2D eigenvalue weighted by atomic mass is 19.4. The molecule has 3 amide bonds. The first-order valence-electron chi connectivity index (χ1n) is 11.6. The van der Waals surface area contributed by atoms with E-state index in [-0.39, 0.29) is 59.8 Å². The number of fused-ring (bicyclic) bond motifs is 5. The number of nitrogens with zero attached hydrogens (tertiary/aromatic N) is 2. The SMILES string of the molecule is O=C(Nc1ccccc1C(F)(F)F)c1ccc(NCCN2C(=O)[C@@H]3[C@@H](C2=O)[C@H]2C=C[C@H]3C2)c([N+](=O)[O-])c1. The number of anilines is 2. The second-order valence-corrected chi connectivity index (χ2v) is 9.24. The van der Waals surface area contributed by atoms with E-state index < -0.39 is 33.9 Å². The fourth-order valence-electron chi connectivity index (χ4n) is 5.49. The number of benzene rings is 2. The number of halogens is 3. The lowest BCUT2D eigenvalue weighted by molar-refractivity contribution is -0.384. The Labute approximate surface area is 208 Å². The maximum absolute atomic E-state index is 13.2. The number of nitrogens with one attached hydrogen (secondary N) is 2. The maximum atomic E-state index is 13.2. The van der Waals surface area contributed by atoms with Crippen LogP contribution < -0.4 is 10.6 Å². The molecule has 4 atom stereocenters. The summed E-state index contributed by atoms with van der Waals surface area (Å²) < 4.78 is 39.6. The maximum Gasteiger partial charge on any atom is 0.418 e. The summed E-state index contributed by atoms with van der Waals surface area (Å²) in [7, 11) is 0. The first kappa shape index (κ1) is 24.5. The highest BCUT2D eigenvalue weighted by Crippen LogP contribution is 2.52. The van der Waals surface area contributed by atoms with E-state index in [1.54, 1.807) is 0 Å². The number of carbonyl (C=O) groups is 3. The molecule has 0 radical (unpaired) electrons. The number of nitro groups is 1. The molecule has 2 aliphatic carbocycles. The Balaban J connectivity index is 1.26. The zero-order valence-corrected chi connectivity index (χ0v) is 19.2. The normalized spacial score (nSPS) is 23.9. The van der Waals surface area contributed by atoms with Crippen molar-refractivity contribution in [2.45, 2.75) is 12.6 Å². The van der Waals surface area contributed by atoms with Crippen molar-refractivity contribution in [1.82, 2.24) is 4.90 Å². The summed E-state index contributed by atoms with van der Waals surface area (Å²) in [4.78, 5) is 50.2.